The first-order valence-corrected chi connectivity index (χ1v) is 14.4. The van der Waals surface area contributed by atoms with Gasteiger partial charge in [-0.3, -0.25) is 0 Å². The Morgan fingerprint density at radius 1 is 1.36 bits per heavy atom. The Morgan fingerprint density at radius 3 is 2.55 bits per heavy atom. The Morgan fingerprint density at radius 2 is 2.03 bits per heavy atom. The fraction of sp³-hybridized carbons (Fsp3) is 0.864. The van der Waals surface area contributed by atoms with E-state index in [0.717, 1.165) is 12.8 Å². The summed E-state index contributed by atoms with van der Waals surface area (Å²) in [4.78, 5) is 15.3. The number of carbonyl (C=O) groups is 1. The van der Waals surface area contributed by atoms with Crippen molar-refractivity contribution in [2.24, 2.45) is 11.0 Å². The number of carbonyl (C=O) groups excluding carboxylic acids is 1. The minimum atomic E-state index is -2.45. The van der Waals surface area contributed by atoms with E-state index in [1.165, 1.54) is 6.08 Å². The summed E-state index contributed by atoms with van der Waals surface area (Å²) >= 11 is 0. The normalized spacial score (nSPS) is 25.9. The Labute approximate surface area is 198 Å². The molecule has 0 spiro atoms. The highest BCUT2D eigenvalue weighted by atomic mass is 28.4. The molecule has 190 valence electrons. The van der Waals surface area contributed by atoms with Crippen molar-refractivity contribution in [1.29, 1.82) is 0 Å². The van der Waals surface area contributed by atoms with Crippen molar-refractivity contribution < 1.29 is 33.3 Å². The number of aliphatic hydroxyl groups excluding tert-OH is 1. The van der Waals surface area contributed by atoms with Crippen LogP contribution in [0.25, 0.3) is 10.4 Å². The van der Waals surface area contributed by atoms with Gasteiger partial charge in [-0.1, -0.05) is 58.8 Å². The van der Waals surface area contributed by atoms with Crippen LogP contribution in [-0.2, 0) is 23.4 Å². The molecule has 0 aromatic carbocycles. The molecule has 1 rings (SSSR count). The molecular formula is C22H41N3O7Si. The highest BCUT2D eigenvalue weighted by Gasteiger charge is 2.53. The molecule has 0 saturated carbocycles. The van der Waals surface area contributed by atoms with E-state index in [1.807, 2.05) is 6.92 Å². The minimum absolute atomic E-state index is 0.0402. The fourth-order valence-electron chi connectivity index (χ4n) is 3.43. The first-order chi connectivity index (χ1) is 15.5. The standard InChI is InChI=1S/C22H41N3O7Si/c1-9-11-13-28-18-16(14-26)30-20(32-33(7,8)22(5,6)15(3)4)17(24-25-23)19(18)31-21(27)29-12-10-2/h10,15-20,26H,2,9,11-14H2,1,3-8H3/t16?,17-,18+,19?,20-/m0/s1. The van der Waals surface area contributed by atoms with Crippen LogP contribution in [0.5, 0.6) is 0 Å². The average molecular weight is 488 g/mol. The largest absolute Gasteiger partial charge is 0.508 e. The fourth-order valence-corrected chi connectivity index (χ4v) is 5.90. The van der Waals surface area contributed by atoms with Crippen molar-refractivity contribution in [1.82, 2.24) is 0 Å². The maximum atomic E-state index is 12.3. The third kappa shape index (κ3) is 7.70. The number of rotatable bonds is 13. The topological polar surface area (TPSA) is 132 Å². The molecule has 1 saturated heterocycles. The van der Waals surface area contributed by atoms with E-state index in [1.54, 1.807) is 0 Å². The summed E-state index contributed by atoms with van der Waals surface area (Å²) in [5, 5.41) is 13.8. The number of unbranched alkanes of at least 4 members (excludes halogenated alkanes) is 1. The summed E-state index contributed by atoms with van der Waals surface area (Å²) in [6, 6.07) is -1.03. The SMILES string of the molecule is C=CCOC(=O)OC1[C@H](OCCCC)C(CO)O[C@@H](O[Si](C)(C)C(C)(C)C(C)C)[C@H]1N=[N+]=[N-]. The van der Waals surface area contributed by atoms with E-state index in [2.05, 4.69) is 57.4 Å². The van der Waals surface area contributed by atoms with E-state index in [4.69, 9.17) is 23.4 Å². The zero-order valence-electron chi connectivity index (χ0n) is 21.0. The number of aliphatic hydroxyl groups is 1. The first-order valence-electron chi connectivity index (χ1n) is 11.5. The lowest BCUT2D eigenvalue weighted by molar-refractivity contribution is -0.255. The van der Waals surface area contributed by atoms with Gasteiger partial charge in [0.1, 0.15) is 31.0 Å². The lowest BCUT2D eigenvalue weighted by atomic mass is 9.97. The molecule has 1 aliphatic rings. The molecule has 0 aliphatic carbocycles. The van der Waals surface area contributed by atoms with Crippen LogP contribution >= 0.6 is 0 Å². The van der Waals surface area contributed by atoms with Crippen molar-refractivity contribution in [2.45, 2.75) is 96.2 Å². The molecule has 10 nitrogen and oxygen atoms in total. The maximum absolute atomic E-state index is 12.3. The number of ether oxygens (including phenoxy) is 4. The van der Waals surface area contributed by atoms with E-state index < -0.39 is 51.7 Å². The molecule has 1 aliphatic heterocycles. The number of hydrogen-bond donors (Lipinski definition) is 1. The summed E-state index contributed by atoms with van der Waals surface area (Å²) in [5.74, 6) is 0.320. The molecule has 0 aromatic rings. The number of hydrogen-bond acceptors (Lipinski definition) is 8. The lowest BCUT2D eigenvalue weighted by Crippen LogP contribution is -2.63. The molecule has 0 bridgehead atoms. The second-order valence-corrected chi connectivity index (χ2v) is 14.1. The Bertz CT molecular complexity index is 683. The molecule has 0 aromatic heterocycles. The molecule has 2 unspecified atom stereocenters. The zero-order chi connectivity index (χ0) is 25.2. The van der Waals surface area contributed by atoms with Crippen LogP contribution in [0.3, 0.4) is 0 Å². The van der Waals surface area contributed by atoms with Crippen molar-refractivity contribution in [3.63, 3.8) is 0 Å². The van der Waals surface area contributed by atoms with Gasteiger partial charge in [-0.15, -0.1) is 0 Å². The summed E-state index contributed by atoms with van der Waals surface area (Å²) in [7, 11) is -2.45. The Hall–Kier alpha value is -1.62. The van der Waals surface area contributed by atoms with Crippen LogP contribution in [0.15, 0.2) is 17.8 Å². The van der Waals surface area contributed by atoms with Gasteiger partial charge >= 0.3 is 6.16 Å². The van der Waals surface area contributed by atoms with E-state index in [9.17, 15) is 15.4 Å². The Balaban J connectivity index is 3.34. The van der Waals surface area contributed by atoms with Crippen LogP contribution in [0.2, 0.25) is 18.1 Å². The average Bonchev–Trinajstić information content (AvgIpc) is 2.75. The van der Waals surface area contributed by atoms with Crippen LogP contribution in [-0.4, -0.2) is 70.0 Å². The van der Waals surface area contributed by atoms with Gasteiger partial charge in [-0.2, -0.15) is 0 Å². The summed E-state index contributed by atoms with van der Waals surface area (Å²) in [5.41, 5.74) is 9.28. The molecule has 33 heavy (non-hydrogen) atoms. The van der Waals surface area contributed by atoms with Gasteiger partial charge in [-0.25, -0.2) is 4.79 Å². The minimum Gasteiger partial charge on any atom is -0.430 e. The summed E-state index contributed by atoms with van der Waals surface area (Å²) in [6.07, 6.45) is -1.71. The molecular weight excluding hydrogens is 446 g/mol. The van der Waals surface area contributed by atoms with Crippen LogP contribution < -0.4 is 0 Å². The third-order valence-corrected chi connectivity index (χ3v) is 11.2. The van der Waals surface area contributed by atoms with Gasteiger partial charge in [0.05, 0.1) is 6.61 Å². The molecule has 0 amide bonds. The number of azide groups is 1. The molecule has 0 radical (unpaired) electrons. The highest BCUT2D eigenvalue weighted by Crippen LogP contribution is 2.46. The summed E-state index contributed by atoms with van der Waals surface area (Å²) in [6.45, 7) is 18.1. The van der Waals surface area contributed by atoms with Gasteiger partial charge in [0.2, 0.25) is 0 Å². The summed E-state index contributed by atoms with van der Waals surface area (Å²) < 4.78 is 29.1. The Kier molecular flexibility index (Phi) is 11.9. The van der Waals surface area contributed by atoms with Crippen LogP contribution in [0.1, 0.15) is 47.5 Å². The molecule has 1 heterocycles. The second kappa shape index (κ2) is 13.3. The van der Waals surface area contributed by atoms with Crippen LogP contribution in [0.4, 0.5) is 4.79 Å². The smallest absolute Gasteiger partial charge is 0.430 e. The van der Waals surface area contributed by atoms with Crippen molar-refractivity contribution >= 4 is 14.5 Å². The van der Waals surface area contributed by atoms with Gasteiger partial charge in [0.15, 0.2) is 14.6 Å². The van der Waals surface area contributed by atoms with Gasteiger partial charge in [0.25, 0.3) is 0 Å². The quantitative estimate of drug-likeness (QED) is 0.0740. The van der Waals surface area contributed by atoms with Crippen molar-refractivity contribution in [2.75, 3.05) is 19.8 Å². The maximum Gasteiger partial charge on any atom is 0.508 e. The lowest BCUT2D eigenvalue weighted by Gasteiger charge is -2.49. The highest BCUT2D eigenvalue weighted by molar-refractivity contribution is 6.74. The zero-order valence-corrected chi connectivity index (χ0v) is 22.0. The van der Waals surface area contributed by atoms with Crippen molar-refractivity contribution in [3.05, 3.63) is 23.1 Å². The second-order valence-electron chi connectivity index (χ2n) is 9.55. The van der Waals surface area contributed by atoms with Gasteiger partial charge in [-0.05, 0) is 36.0 Å². The molecule has 11 heteroatoms. The molecule has 1 N–H and O–H groups in total. The predicted octanol–water partition coefficient (Wildman–Crippen LogP) is 4.93. The van der Waals surface area contributed by atoms with E-state index in [0.29, 0.717) is 12.5 Å². The van der Waals surface area contributed by atoms with Gasteiger partial charge in [0, 0.05) is 11.5 Å². The monoisotopic (exact) mass is 487 g/mol. The van der Waals surface area contributed by atoms with Crippen molar-refractivity contribution in [3.8, 4) is 0 Å². The molecule has 5 atom stereocenters. The van der Waals surface area contributed by atoms with E-state index >= 15 is 0 Å². The van der Waals surface area contributed by atoms with Gasteiger partial charge < -0.3 is 28.5 Å². The number of nitrogens with zero attached hydrogens (tertiary/aromatic N) is 3. The third-order valence-electron chi connectivity index (χ3n) is 6.74. The van der Waals surface area contributed by atoms with Crippen LogP contribution in [0, 0.1) is 5.92 Å². The van der Waals surface area contributed by atoms with E-state index in [-0.39, 0.29) is 11.6 Å². The predicted molar refractivity (Wildman–Crippen MR) is 127 cm³/mol. The first kappa shape index (κ1) is 29.4. The molecule has 1 fully saturated rings.